The van der Waals surface area contributed by atoms with Gasteiger partial charge in [-0.1, -0.05) is 0 Å². The van der Waals surface area contributed by atoms with Crippen LogP contribution in [0.25, 0.3) is 0 Å². The minimum atomic E-state index is -0.224. The van der Waals surface area contributed by atoms with Gasteiger partial charge in [-0.15, -0.1) is 12.3 Å². The number of ether oxygens (including phenoxy) is 2. The summed E-state index contributed by atoms with van der Waals surface area (Å²) in [6, 6.07) is 0. The van der Waals surface area contributed by atoms with Crippen molar-refractivity contribution in [3.05, 3.63) is 0 Å². The van der Waals surface area contributed by atoms with Gasteiger partial charge in [-0.05, 0) is 34.1 Å². The second-order valence-corrected chi connectivity index (χ2v) is 4.70. The third-order valence-electron chi connectivity index (χ3n) is 2.28. The maximum Gasteiger partial charge on any atom is 0.0735 e. The third-order valence-corrected chi connectivity index (χ3v) is 2.28. The molecule has 0 bridgehead atoms. The number of rotatable bonds is 6. The molecule has 0 aromatic heterocycles. The molecule has 0 aromatic carbocycles. The van der Waals surface area contributed by atoms with E-state index in [-0.39, 0.29) is 11.2 Å². The third kappa shape index (κ3) is 6.01. The predicted molar refractivity (Wildman–Crippen MR) is 59.2 cm³/mol. The van der Waals surface area contributed by atoms with E-state index in [1.807, 2.05) is 27.7 Å². The highest BCUT2D eigenvalue weighted by Gasteiger charge is 2.20. The lowest BCUT2D eigenvalue weighted by Crippen LogP contribution is -2.29. The van der Waals surface area contributed by atoms with Gasteiger partial charge in [0.25, 0.3) is 0 Å². The fourth-order valence-corrected chi connectivity index (χ4v) is 0.972. The Morgan fingerprint density at radius 2 is 1.71 bits per heavy atom. The molecule has 0 unspecified atom stereocenters. The van der Waals surface area contributed by atoms with Crippen molar-refractivity contribution < 1.29 is 9.47 Å². The Labute approximate surface area is 88.0 Å². The monoisotopic (exact) mass is 198 g/mol. The molecule has 0 atom stereocenters. The van der Waals surface area contributed by atoms with Crippen molar-refractivity contribution in [3.8, 4) is 12.3 Å². The van der Waals surface area contributed by atoms with Crippen LogP contribution in [0.1, 0.15) is 40.5 Å². The summed E-state index contributed by atoms with van der Waals surface area (Å²) in [5, 5.41) is 0. The summed E-state index contributed by atoms with van der Waals surface area (Å²) < 4.78 is 11.0. The van der Waals surface area contributed by atoms with Gasteiger partial charge >= 0.3 is 0 Å². The van der Waals surface area contributed by atoms with E-state index in [0.717, 1.165) is 6.42 Å². The molecule has 82 valence electrons. The first-order valence-electron chi connectivity index (χ1n) is 4.95. The SMILES string of the molecule is C#CCC(C)(C)OCCC(C)(C)OC. The Balaban J connectivity index is 3.80. The van der Waals surface area contributed by atoms with Gasteiger partial charge in [-0.2, -0.15) is 0 Å². The molecule has 0 saturated carbocycles. The Morgan fingerprint density at radius 1 is 1.14 bits per heavy atom. The van der Waals surface area contributed by atoms with Crippen LogP contribution in [-0.2, 0) is 9.47 Å². The van der Waals surface area contributed by atoms with Gasteiger partial charge in [0.2, 0.25) is 0 Å². The summed E-state index contributed by atoms with van der Waals surface area (Å²) in [4.78, 5) is 0. The summed E-state index contributed by atoms with van der Waals surface area (Å²) in [5.41, 5.74) is -0.342. The molecule has 0 fully saturated rings. The molecule has 0 aliphatic carbocycles. The first kappa shape index (κ1) is 13.5. The molecule has 0 rings (SSSR count). The lowest BCUT2D eigenvalue weighted by atomic mass is 10.0. The van der Waals surface area contributed by atoms with Gasteiger partial charge in [-0.3, -0.25) is 0 Å². The van der Waals surface area contributed by atoms with Crippen LogP contribution in [0.15, 0.2) is 0 Å². The highest BCUT2D eigenvalue weighted by molar-refractivity contribution is 4.91. The van der Waals surface area contributed by atoms with E-state index in [1.54, 1.807) is 7.11 Å². The summed E-state index contributed by atoms with van der Waals surface area (Å²) in [6.45, 7) is 8.78. The molecule has 0 radical (unpaired) electrons. The van der Waals surface area contributed by atoms with Crippen molar-refractivity contribution in [1.29, 1.82) is 0 Å². The normalized spacial score (nSPS) is 12.6. The second-order valence-electron chi connectivity index (χ2n) is 4.70. The molecule has 0 heterocycles. The zero-order valence-electron chi connectivity index (χ0n) is 10.0. The molecule has 0 aliphatic rings. The van der Waals surface area contributed by atoms with Crippen LogP contribution in [0.2, 0.25) is 0 Å². The molecular weight excluding hydrogens is 176 g/mol. The molecule has 14 heavy (non-hydrogen) atoms. The number of hydrogen-bond donors (Lipinski definition) is 0. The summed E-state index contributed by atoms with van der Waals surface area (Å²) >= 11 is 0. The minimum absolute atomic E-state index is 0.119. The molecule has 0 spiro atoms. The number of hydrogen-bond acceptors (Lipinski definition) is 2. The fourth-order valence-electron chi connectivity index (χ4n) is 0.972. The molecule has 0 amide bonds. The van der Waals surface area contributed by atoms with Crippen LogP contribution >= 0.6 is 0 Å². The molecule has 0 aromatic rings. The highest BCUT2D eigenvalue weighted by atomic mass is 16.5. The number of terminal acetylenes is 1. The van der Waals surface area contributed by atoms with Crippen LogP contribution in [0.3, 0.4) is 0 Å². The van der Waals surface area contributed by atoms with E-state index < -0.39 is 0 Å². The average Bonchev–Trinajstić information content (AvgIpc) is 2.03. The Kier molecular flexibility index (Phi) is 5.18. The van der Waals surface area contributed by atoms with E-state index in [0.29, 0.717) is 13.0 Å². The first-order valence-corrected chi connectivity index (χ1v) is 4.95. The van der Waals surface area contributed by atoms with Crippen LogP contribution in [0.4, 0.5) is 0 Å². The summed E-state index contributed by atoms with van der Waals surface area (Å²) in [6.07, 6.45) is 6.76. The maximum absolute atomic E-state index is 5.69. The average molecular weight is 198 g/mol. The molecular formula is C12H22O2. The van der Waals surface area contributed by atoms with Gasteiger partial charge in [0, 0.05) is 13.5 Å². The predicted octanol–water partition coefficient (Wildman–Crippen LogP) is 2.62. The second kappa shape index (κ2) is 5.38. The molecule has 0 saturated heterocycles. The van der Waals surface area contributed by atoms with Crippen LogP contribution in [0.5, 0.6) is 0 Å². The largest absolute Gasteiger partial charge is 0.379 e. The topological polar surface area (TPSA) is 18.5 Å². The summed E-state index contributed by atoms with van der Waals surface area (Å²) in [7, 11) is 1.71. The van der Waals surface area contributed by atoms with Gasteiger partial charge in [-0.25, -0.2) is 0 Å². The Morgan fingerprint density at radius 3 is 2.14 bits per heavy atom. The van der Waals surface area contributed by atoms with E-state index in [2.05, 4.69) is 5.92 Å². The van der Waals surface area contributed by atoms with E-state index >= 15 is 0 Å². The molecule has 2 nitrogen and oxygen atoms in total. The van der Waals surface area contributed by atoms with Crippen molar-refractivity contribution in [2.45, 2.75) is 51.7 Å². The summed E-state index contributed by atoms with van der Waals surface area (Å²) in [5.74, 6) is 2.61. The van der Waals surface area contributed by atoms with Gasteiger partial charge in [0.05, 0.1) is 17.8 Å². The lowest BCUT2D eigenvalue weighted by Gasteiger charge is -2.27. The van der Waals surface area contributed by atoms with Crippen molar-refractivity contribution in [3.63, 3.8) is 0 Å². The number of methoxy groups -OCH3 is 1. The highest BCUT2D eigenvalue weighted by Crippen LogP contribution is 2.18. The quantitative estimate of drug-likeness (QED) is 0.611. The van der Waals surface area contributed by atoms with Gasteiger partial charge < -0.3 is 9.47 Å². The van der Waals surface area contributed by atoms with Crippen LogP contribution in [-0.4, -0.2) is 24.9 Å². The maximum atomic E-state index is 5.69. The molecule has 0 N–H and O–H groups in total. The standard InChI is InChI=1S/C12H22O2/c1-7-8-12(4,5)14-10-9-11(2,3)13-6/h1H,8-10H2,2-6H3. The van der Waals surface area contributed by atoms with E-state index in [1.165, 1.54) is 0 Å². The van der Waals surface area contributed by atoms with E-state index in [9.17, 15) is 0 Å². The van der Waals surface area contributed by atoms with Crippen molar-refractivity contribution in [1.82, 2.24) is 0 Å². The van der Waals surface area contributed by atoms with Crippen LogP contribution < -0.4 is 0 Å². The van der Waals surface area contributed by atoms with Crippen LogP contribution in [0, 0.1) is 12.3 Å². The molecule has 2 heteroatoms. The fraction of sp³-hybridized carbons (Fsp3) is 0.833. The Bertz CT molecular complexity index is 199. The first-order chi connectivity index (χ1) is 6.33. The Hall–Kier alpha value is -0.520. The zero-order chi connectivity index (χ0) is 11.2. The van der Waals surface area contributed by atoms with Crippen molar-refractivity contribution in [2.24, 2.45) is 0 Å². The molecule has 0 aliphatic heterocycles. The van der Waals surface area contributed by atoms with Crippen molar-refractivity contribution in [2.75, 3.05) is 13.7 Å². The van der Waals surface area contributed by atoms with Gasteiger partial charge in [0.15, 0.2) is 0 Å². The van der Waals surface area contributed by atoms with Crippen molar-refractivity contribution >= 4 is 0 Å². The minimum Gasteiger partial charge on any atom is -0.379 e. The zero-order valence-corrected chi connectivity index (χ0v) is 10.0. The van der Waals surface area contributed by atoms with E-state index in [4.69, 9.17) is 15.9 Å². The smallest absolute Gasteiger partial charge is 0.0735 e. The van der Waals surface area contributed by atoms with Gasteiger partial charge in [0.1, 0.15) is 0 Å². The lowest BCUT2D eigenvalue weighted by molar-refractivity contribution is -0.0555.